The lowest BCUT2D eigenvalue weighted by Gasteiger charge is -2.01. The molecule has 0 fully saturated rings. The van der Waals surface area contributed by atoms with Crippen molar-refractivity contribution in [2.75, 3.05) is 0 Å². The lowest BCUT2D eigenvalue weighted by atomic mass is 10.4. The first-order chi connectivity index (χ1) is 7.72. The normalized spacial score (nSPS) is 11.8. The Morgan fingerprint density at radius 3 is 3.00 bits per heavy atom. The number of aliphatic imine (C=N–C) groups is 1. The first kappa shape index (κ1) is 10.7. The number of aromatic nitrogens is 5. The maximum Gasteiger partial charge on any atom is 0.185 e. The average Bonchev–Trinajstić information content (AvgIpc) is 2.85. The topological polar surface area (TPSA) is 95.6 Å². The quantitative estimate of drug-likeness (QED) is 0.634. The van der Waals surface area contributed by atoms with Gasteiger partial charge in [-0.3, -0.25) is 5.41 Å². The van der Waals surface area contributed by atoms with Crippen molar-refractivity contribution in [1.29, 1.82) is 5.41 Å². The number of H-pyrrole nitrogens is 1. The molecule has 0 aliphatic carbocycles. The Kier molecular flexibility index (Phi) is 2.91. The molecule has 2 aromatic rings. The molecule has 0 saturated heterocycles. The summed E-state index contributed by atoms with van der Waals surface area (Å²) in [6.07, 6.45) is 3.83. The van der Waals surface area contributed by atoms with Gasteiger partial charge in [0, 0.05) is 0 Å². The predicted octanol–water partition coefficient (Wildman–Crippen LogP) is 0.974. The summed E-state index contributed by atoms with van der Waals surface area (Å²) in [4.78, 5) is 15.0. The molecular weight excluding hydrogens is 274 g/mol. The first-order valence-corrected chi connectivity index (χ1v) is 5.16. The van der Waals surface area contributed by atoms with Crippen molar-refractivity contribution in [1.82, 2.24) is 24.7 Å². The summed E-state index contributed by atoms with van der Waals surface area (Å²) in [5.74, 6) is 1.18. The fourth-order valence-electron chi connectivity index (χ4n) is 1.22. The highest BCUT2D eigenvalue weighted by Crippen LogP contribution is 2.14. The number of rotatable bonds is 2. The zero-order valence-electron chi connectivity index (χ0n) is 8.35. The van der Waals surface area contributed by atoms with Crippen LogP contribution >= 0.6 is 15.9 Å². The monoisotopic (exact) mass is 281 g/mol. The van der Waals surface area contributed by atoms with E-state index in [1.165, 1.54) is 17.3 Å². The minimum absolute atomic E-state index is 0.434. The SMILES string of the molecule is Cc1nc(C(=NC=N)n2cncn2)c(Br)[nH]1. The van der Waals surface area contributed by atoms with E-state index in [4.69, 9.17) is 5.41 Å². The van der Waals surface area contributed by atoms with Gasteiger partial charge in [-0.05, 0) is 22.9 Å². The van der Waals surface area contributed by atoms with Crippen LogP contribution in [0.4, 0.5) is 0 Å². The highest BCUT2D eigenvalue weighted by molar-refractivity contribution is 9.10. The summed E-state index contributed by atoms with van der Waals surface area (Å²) in [6.45, 7) is 1.83. The molecule has 8 heteroatoms. The van der Waals surface area contributed by atoms with Gasteiger partial charge >= 0.3 is 0 Å². The van der Waals surface area contributed by atoms with Crippen LogP contribution in [-0.2, 0) is 0 Å². The minimum atomic E-state index is 0.434. The summed E-state index contributed by atoms with van der Waals surface area (Å²) in [5, 5.41) is 11.0. The predicted molar refractivity (Wildman–Crippen MR) is 61.8 cm³/mol. The van der Waals surface area contributed by atoms with Gasteiger partial charge in [0.15, 0.2) is 5.84 Å². The van der Waals surface area contributed by atoms with Crippen molar-refractivity contribution in [3.8, 4) is 0 Å². The molecule has 7 nitrogen and oxygen atoms in total. The molecule has 0 radical (unpaired) electrons. The van der Waals surface area contributed by atoms with E-state index in [0.717, 1.165) is 12.2 Å². The molecular formula is C8H8BrN7. The van der Waals surface area contributed by atoms with Crippen molar-refractivity contribution >= 4 is 28.1 Å². The number of hydrogen-bond donors (Lipinski definition) is 2. The maximum atomic E-state index is 7.03. The summed E-state index contributed by atoms with van der Waals surface area (Å²) in [7, 11) is 0. The third-order valence-electron chi connectivity index (χ3n) is 1.81. The highest BCUT2D eigenvalue weighted by Gasteiger charge is 2.14. The molecule has 2 rings (SSSR count). The largest absolute Gasteiger partial charge is 0.336 e. The van der Waals surface area contributed by atoms with Gasteiger partial charge in [-0.15, -0.1) is 0 Å². The van der Waals surface area contributed by atoms with Crippen LogP contribution < -0.4 is 0 Å². The van der Waals surface area contributed by atoms with E-state index in [-0.39, 0.29) is 0 Å². The zero-order valence-corrected chi connectivity index (χ0v) is 9.93. The van der Waals surface area contributed by atoms with Gasteiger partial charge in [0.2, 0.25) is 0 Å². The number of halogens is 1. The minimum Gasteiger partial charge on any atom is -0.336 e. The molecule has 0 spiro atoms. The second-order valence-electron chi connectivity index (χ2n) is 2.91. The number of aromatic amines is 1. The Balaban J connectivity index is 2.53. The van der Waals surface area contributed by atoms with Crippen molar-refractivity contribution in [2.45, 2.75) is 6.92 Å². The van der Waals surface area contributed by atoms with Gasteiger partial charge in [-0.25, -0.2) is 19.6 Å². The molecule has 0 amide bonds. The van der Waals surface area contributed by atoms with E-state index >= 15 is 0 Å². The Labute approximate surface area is 99.3 Å². The van der Waals surface area contributed by atoms with Crippen LogP contribution in [0, 0.1) is 12.3 Å². The Hall–Kier alpha value is -1.83. The Morgan fingerprint density at radius 1 is 1.69 bits per heavy atom. The number of nitrogens with one attached hydrogen (secondary N) is 2. The molecule has 2 heterocycles. The standard InChI is InChI=1S/C8H8BrN7/c1-5-14-6(7(9)15-5)8(12-2-10)16-4-11-3-13-16/h2-4,10H,1H3,(H,14,15). The fourth-order valence-corrected chi connectivity index (χ4v) is 1.77. The highest BCUT2D eigenvalue weighted by atomic mass is 79.9. The zero-order chi connectivity index (χ0) is 11.5. The van der Waals surface area contributed by atoms with Gasteiger partial charge < -0.3 is 4.98 Å². The number of hydrogen-bond acceptors (Lipinski definition) is 4. The Bertz CT molecular complexity index is 525. The number of nitrogens with zero attached hydrogens (tertiary/aromatic N) is 5. The average molecular weight is 282 g/mol. The summed E-state index contributed by atoms with van der Waals surface area (Å²) < 4.78 is 2.15. The maximum absolute atomic E-state index is 7.03. The molecule has 0 aliphatic rings. The number of aryl methyl sites for hydroxylation is 1. The number of imidazole rings is 1. The van der Waals surface area contributed by atoms with E-state index in [0.29, 0.717) is 16.1 Å². The van der Waals surface area contributed by atoms with Gasteiger partial charge in [-0.1, -0.05) is 0 Å². The summed E-state index contributed by atoms with van der Waals surface area (Å²) in [6, 6.07) is 0. The van der Waals surface area contributed by atoms with E-state index in [9.17, 15) is 0 Å². The van der Waals surface area contributed by atoms with Crippen LogP contribution in [0.3, 0.4) is 0 Å². The van der Waals surface area contributed by atoms with Crippen molar-refractivity contribution in [3.05, 3.63) is 28.8 Å². The second-order valence-corrected chi connectivity index (χ2v) is 3.70. The van der Waals surface area contributed by atoms with Gasteiger partial charge in [0.25, 0.3) is 0 Å². The molecule has 82 valence electrons. The summed E-state index contributed by atoms with van der Waals surface area (Å²) in [5.41, 5.74) is 0.589. The first-order valence-electron chi connectivity index (χ1n) is 4.36. The Morgan fingerprint density at radius 2 is 2.50 bits per heavy atom. The molecule has 0 unspecified atom stereocenters. The third kappa shape index (κ3) is 1.91. The van der Waals surface area contributed by atoms with Crippen molar-refractivity contribution in [2.24, 2.45) is 4.99 Å². The van der Waals surface area contributed by atoms with E-state index in [1.54, 1.807) is 0 Å². The van der Waals surface area contributed by atoms with Gasteiger partial charge in [0.1, 0.15) is 35.1 Å². The van der Waals surface area contributed by atoms with Crippen LogP contribution in [0.5, 0.6) is 0 Å². The molecule has 0 saturated carbocycles. The van der Waals surface area contributed by atoms with Gasteiger partial charge in [-0.2, -0.15) is 5.10 Å². The molecule has 0 aliphatic heterocycles. The molecule has 0 aromatic carbocycles. The second kappa shape index (κ2) is 4.35. The third-order valence-corrected chi connectivity index (χ3v) is 2.39. The van der Waals surface area contributed by atoms with E-state index < -0.39 is 0 Å². The van der Waals surface area contributed by atoms with Crippen molar-refractivity contribution in [3.63, 3.8) is 0 Å². The molecule has 0 bridgehead atoms. The summed E-state index contributed by atoms with van der Waals surface area (Å²) >= 11 is 3.34. The molecule has 2 N–H and O–H groups in total. The lowest BCUT2D eigenvalue weighted by molar-refractivity contribution is 0.927. The molecule has 0 atom stereocenters. The molecule has 2 aromatic heterocycles. The van der Waals surface area contributed by atoms with Crippen LogP contribution in [0.1, 0.15) is 11.5 Å². The van der Waals surface area contributed by atoms with Crippen LogP contribution in [-0.4, -0.2) is 36.9 Å². The fraction of sp³-hybridized carbons (Fsp3) is 0.125. The smallest absolute Gasteiger partial charge is 0.185 e. The lowest BCUT2D eigenvalue weighted by Crippen LogP contribution is -2.15. The van der Waals surface area contributed by atoms with E-state index in [2.05, 4.69) is 41.0 Å². The van der Waals surface area contributed by atoms with Crippen LogP contribution in [0.15, 0.2) is 22.3 Å². The van der Waals surface area contributed by atoms with Crippen LogP contribution in [0.25, 0.3) is 0 Å². The van der Waals surface area contributed by atoms with E-state index in [1.807, 2.05) is 6.92 Å². The van der Waals surface area contributed by atoms with Crippen LogP contribution in [0.2, 0.25) is 0 Å². The van der Waals surface area contributed by atoms with Crippen molar-refractivity contribution < 1.29 is 0 Å². The molecule has 16 heavy (non-hydrogen) atoms. The van der Waals surface area contributed by atoms with Gasteiger partial charge in [0.05, 0.1) is 0 Å².